The molecule has 0 aliphatic rings. The monoisotopic (exact) mass is 341 g/mol. The fourth-order valence-corrected chi connectivity index (χ4v) is 2.21. The predicted molar refractivity (Wildman–Crippen MR) is 97.2 cm³/mol. The normalized spacial score (nSPS) is 10.2. The van der Waals surface area contributed by atoms with Crippen molar-refractivity contribution in [3.8, 4) is 5.75 Å². The molecule has 25 heavy (non-hydrogen) atoms. The Hall–Kier alpha value is -2.82. The Morgan fingerprint density at radius 2 is 1.76 bits per heavy atom. The molecule has 2 aromatic rings. The number of hydrogen-bond acceptors (Lipinski definition) is 4. The standard InChI is InChI=1S/C20H23NO4/c1-3-5-12-25-20(23)16-9-6-10-17(13-16)21-19(22)15-8-7-11-18(14-15)24-4-2/h6-11,13-14H,3-5,12H2,1-2H3,(H,21,22). The Labute approximate surface area is 148 Å². The van der Waals surface area contributed by atoms with Crippen LogP contribution in [-0.2, 0) is 4.74 Å². The fraction of sp³-hybridized carbons (Fsp3) is 0.300. The third kappa shape index (κ3) is 5.64. The zero-order valence-corrected chi connectivity index (χ0v) is 14.6. The average molecular weight is 341 g/mol. The molecule has 1 amide bonds. The van der Waals surface area contributed by atoms with Crippen molar-refractivity contribution in [1.29, 1.82) is 0 Å². The van der Waals surface area contributed by atoms with E-state index in [1.165, 1.54) is 0 Å². The minimum Gasteiger partial charge on any atom is -0.494 e. The van der Waals surface area contributed by atoms with E-state index < -0.39 is 0 Å². The predicted octanol–water partition coefficient (Wildman–Crippen LogP) is 4.29. The van der Waals surface area contributed by atoms with Crippen LogP contribution in [0.2, 0.25) is 0 Å². The molecule has 5 heteroatoms. The van der Waals surface area contributed by atoms with Crippen LogP contribution in [0, 0.1) is 0 Å². The Kier molecular flexibility index (Phi) is 7.01. The Morgan fingerprint density at radius 1 is 1.00 bits per heavy atom. The maximum atomic E-state index is 12.4. The highest BCUT2D eigenvalue weighted by atomic mass is 16.5. The first-order valence-electron chi connectivity index (χ1n) is 8.45. The van der Waals surface area contributed by atoms with Crippen LogP contribution in [0.3, 0.4) is 0 Å². The SMILES string of the molecule is CCCCOC(=O)c1cccc(NC(=O)c2cccc(OCC)c2)c1. The van der Waals surface area contributed by atoms with Gasteiger partial charge in [0.25, 0.3) is 5.91 Å². The largest absolute Gasteiger partial charge is 0.494 e. The number of esters is 1. The number of rotatable bonds is 8. The highest BCUT2D eigenvalue weighted by molar-refractivity contribution is 6.05. The third-order valence-electron chi connectivity index (χ3n) is 3.49. The molecule has 0 fully saturated rings. The lowest BCUT2D eigenvalue weighted by molar-refractivity contribution is 0.0499. The number of unbranched alkanes of at least 4 members (excludes halogenated alkanes) is 1. The molecule has 0 aliphatic heterocycles. The molecule has 2 rings (SSSR count). The summed E-state index contributed by atoms with van der Waals surface area (Å²) in [4.78, 5) is 24.4. The van der Waals surface area contributed by atoms with Crippen LogP contribution in [0.25, 0.3) is 0 Å². The summed E-state index contributed by atoms with van der Waals surface area (Å²) in [5, 5.41) is 2.79. The van der Waals surface area contributed by atoms with Gasteiger partial charge in [-0.15, -0.1) is 0 Å². The lowest BCUT2D eigenvalue weighted by atomic mass is 10.1. The van der Waals surface area contributed by atoms with Crippen molar-refractivity contribution in [2.75, 3.05) is 18.5 Å². The number of benzene rings is 2. The first kappa shape index (κ1) is 18.5. The minimum atomic E-state index is -0.386. The van der Waals surface area contributed by atoms with E-state index in [0.717, 1.165) is 12.8 Å². The van der Waals surface area contributed by atoms with Crippen molar-refractivity contribution in [2.45, 2.75) is 26.7 Å². The number of carbonyl (C=O) groups excluding carboxylic acids is 2. The molecule has 0 atom stereocenters. The van der Waals surface area contributed by atoms with Crippen LogP contribution in [0.4, 0.5) is 5.69 Å². The van der Waals surface area contributed by atoms with Crippen LogP contribution in [-0.4, -0.2) is 25.1 Å². The van der Waals surface area contributed by atoms with Crippen molar-refractivity contribution in [3.63, 3.8) is 0 Å². The highest BCUT2D eigenvalue weighted by Crippen LogP contribution is 2.17. The summed E-state index contributed by atoms with van der Waals surface area (Å²) in [5.74, 6) is -0.00986. The second kappa shape index (κ2) is 9.47. The second-order valence-electron chi connectivity index (χ2n) is 5.49. The van der Waals surface area contributed by atoms with Gasteiger partial charge in [0.15, 0.2) is 0 Å². The van der Waals surface area contributed by atoms with Gasteiger partial charge in [-0.3, -0.25) is 4.79 Å². The maximum Gasteiger partial charge on any atom is 0.338 e. The van der Waals surface area contributed by atoms with Crippen molar-refractivity contribution in [3.05, 3.63) is 59.7 Å². The molecule has 0 radical (unpaired) electrons. The molecule has 0 saturated carbocycles. The Bertz CT molecular complexity index is 727. The summed E-state index contributed by atoms with van der Waals surface area (Å²) in [6.45, 7) is 4.85. The van der Waals surface area contributed by atoms with Crippen molar-refractivity contribution >= 4 is 17.6 Å². The van der Waals surface area contributed by atoms with Crippen LogP contribution in [0.5, 0.6) is 5.75 Å². The topological polar surface area (TPSA) is 64.6 Å². The second-order valence-corrected chi connectivity index (χ2v) is 5.49. The molecule has 0 bridgehead atoms. The highest BCUT2D eigenvalue weighted by Gasteiger charge is 2.11. The van der Waals surface area contributed by atoms with Gasteiger partial charge in [-0.1, -0.05) is 25.5 Å². The van der Waals surface area contributed by atoms with Gasteiger partial charge in [0, 0.05) is 11.3 Å². The molecule has 0 unspecified atom stereocenters. The molecule has 132 valence electrons. The molecule has 0 aliphatic carbocycles. The van der Waals surface area contributed by atoms with Crippen molar-refractivity contribution in [2.24, 2.45) is 0 Å². The smallest absolute Gasteiger partial charge is 0.338 e. The lowest BCUT2D eigenvalue weighted by Gasteiger charge is -2.09. The summed E-state index contributed by atoms with van der Waals surface area (Å²) in [6.07, 6.45) is 1.79. The zero-order chi connectivity index (χ0) is 18.1. The van der Waals surface area contributed by atoms with Crippen LogP contribution < -0.4 is 10.1 Å². The third-order valence-corrected chi connectivity index (χ3v) is 3.49. The summed E-state index contributed by atoms with van der Waals surface area (Å²) in [7, 11) is 0. The van der Waals surface area contributed by atoms with Crippen LogP contribution in [0.1, 0.15) is 47.4 Å². The molecule has 1 N–H and O–H groups in total. The Morgan fingerprint density at radius 3 is 2.52 bits per heavy atom. The Balaban J connectivity index is 2.04. The molecule has 0 saturated heterocycles. The van der Waals surface area contributed by atoms with Gasteiger partial charge in [0.1, 0.15) is 5.75 Å². The van der Waals surface area contributed by atoms with Gasteiger partial charge in [-0.05, 0) is 49.7 Å². The van der Waals surface area contributed by atoms with Crippen molar-refractivity contribution < 1.29 is 19.1 Å². The summed E-state index contributed by atoms with van der Waals surface area (Å²) >= 11 is 0. The number of amides is 1. The first-order chi connectivity index (χ1) is 12.1. The van der Waals surface area contributed by atoms with E-state index in [1.807, 2.05) is 13.8 Å². The van der Waals surface area contributed by atoms with E-state index in [9.17, 15) is 9.59 Å². The van der Waals surface area contributed by atoms with Gasteiger partial charge in [0.2, 0.25) is 0 Å². The molecule has 0 spiro atoms. The molecule has 5 nitrogen and oxygen atoms in total. The van der Waals surface area contributed by atoms with E-state index >= 15 is 0 Å². The van der Waals surface area contributed by atoms with Gasteiger partial charge in [-0.25, -0.2) is 4.79 Å². The van der Waals surface area contributed by atoms with Gasteiger partial charge >= 0.3 is 5.97 Å². The number of nitrogens with one attached hydrogen (secondary N) is 1. The summed E-state index contributed by atoms with van der Waals surface area (Å²) < 4.78 is 10.6. The minimum absolute atomic E-state index is 0.266. The molecule has 0 heterocycles. The number of ether oxygens (including phenoxy) is 2. The summed E-state index contributed by atoms with van der Waals surface area (Å²) in [5.41, 5.74) is 1.44. The van der Waals surface area contributed by atoms with E-state index in [1.54, 1.807) is 48.5 Å². The average Bonchev–Trinajstić information content (AvgIpc) is 2.62. The summed E-state index contributed by atoms with van der Waals surface area (Å²) in [6, 6.07) is 13.7. The number of carbonyl (C=O) groups is 2. The van der Waals surface area contributed by atoms with E-state index in [4.69, 9.17) is 9.47 Å². The molecule has 0 aromatic heterocycles. The number of anilines is 1. The number of hydrogen-bond donors (Lipinski definition) is 1. The van der Waals surface area contributed by atoms with Crippen LogP contribution in [0.15, 0.2) is 48.5 Å². The fourth-order valence-electron chi connectivity index (χ4n) is 2.21. The zero-order valence-electron chi connectivity index (χ0n) is 14.6. The van der Waals surface area contributed by atoms with Gasteiger partial charge < -0.3 is 14.8 Å². The van der Waals surface area contributed by atoms with Crippen LogP contribution >= 0.6 is 0 Å². The van der Waals surface area contributed by atoms with E-state index in [2.05, 4.69) is 5.32 Å². The van der Waals surface area contributed by atoms with Gasteiger partial charge in [-0.2, -0.15) is 0 Å². The molecular weight excluding hydrogens is 318 g/mol. The van der Waals surface area contributed by atoms with Gasteiger partial charge in [0.05, 0.1) is 18.8 Å². The quantitative estimate of drug-likeness (QED) is 0.574. The lowest BCUT2D eigenvalue weighted by Crippen LogP contribution is -2.13. The first-order valence-corrected chi connectivity index (χ1v) is 8.45. The van der Waals surface area contributed by atoms with Crippen molar-refractivity contribution in [1.82, 2.24) is 0 Å². The maximum absolute atomic E-state index is 12.4. The van der Waals surface area contributed by atoms with E-state index in [0.29, 0.717) is 35.8 Å². The molecular formula is C20H23NO4. The molecule has 2 aromatic carbocycles. The van der Waals surface area contributed by atoms with E-state index in [-0.39, 0.29) is 11.9 Å².